The number of esters is 1. The smallest absolute Gasteiger partial charge is 0.340 e. The fraction of sp³-hybridized carbons (Fsp3) is 0.0556. The molecule has 0 amide bonds. The van der Waals surface area contributed by atoms with E-state index in [2.05, 4.69) is 20.2 Å². The number of benzene rings is 2. The lowest BCUT2D eigenvalue weighted by atomic mass is 10.1. The fourth-order valence-electron chi connectivity index (χ4n) is 2.70. The molecule has 2 heterocycles. The van der Waals surface area contributed by atoms with Crippen molar-refractivity contribution >= 4 is 39.1 Å². The first-order chi connectivity index (χ1) is 13.4. The Morgan fingerprint density at radius 2 is 1.71 bits per heavy atom. The zero-order valence-corrected chi connectivity index (χ0v) is 15.7. The largest absolute Gasteiger partial charge is 0.434 e. The Balaban J connectivity index is 1.50. The Morgan fingerprint density at radius 3 is 2.43 bits per heavy atom. The van der Waals surface area contributed by atoms with E-state index in [1.165, 1.54) is 24.3 Å². The van der Waals surface area contributed by atoms with Crippen molar-refractivity contribution in [2.45, 2.75) is 11.1 Å². The van der Waals surface area contributed by atoms with Gasteiger partial charge in [-0.05, 0) is 42.5 Å². The number of sulfonamides is 1. The molecular weight excluding hydrogens is 404 g/mol. The molecule has 1 aromatic heterocycles. The molecule has 0 saturated heterocycles. The number of anilines is 2. The molecule has 0 radical (unpaired) electrons. The number of cyclic esters (lactones) is 1. The molecule has 3 aromatic rings. The number of carbonyl (C=O) groups is 1. The van der Waals surface area contributed by atoms with Crippen LogP contribution in [0.25, 0.3) is 0 Å². The van der Waals surface area contributed by atoms with E-state index in [9.17, 15) is 13.2 Å². The summed E-state index contributed by atoms with van der Waals surface area (Å²) in [6.07, 6.45) is -0.631. The molecule has 0 saturated carbocycles. The number of nitrogens with zero attached hydrogens (tertiary/aromatic N) is 2. The van der Waals surface area contributed by atoms with Crippen molar-refractivity contribution < 1.29 is 17.9 Å². The van der Waals surface area contributed by atoms with Crippen molar-refractivity contribution in [1.29, 1.82) is 0 Å². The highest BCUT2D eigenvalue weighted by atomic mass is 35.5. The molecule has 1 aliphatic heterocycles. The van der Waals surface area contributed by atoms with E-state index >= 15 is 0 Å². The lowest BCUT2D eigenvalue weighted by Gasteiger charge is -2.15. The minimum absolute atomic E-state index is 0.0404. The van der Waals surface area contributed by atoms with Crippen LogP contribution in [0.2, 0.25) is 5.15 Å². The van der Waals surface area contributed by atoms with Crippen molar-refractivity contribution in [1.82, 2.24) is 10.2 Å². The maximum absolute atomic E-state index is 12.4. The Kier molecular flexibility index (Phi) is 4.62. The highest BCUT2D eigenvalue weighted by Gasteiger charge is 2.30. The number of nitrogens with one attached hydrogen (secondary N) is 2. The standard InChI is InChI=1S/C18H13ClN4O4S/c19-15-9-10-16(22-21-15)23-28(25,26)12-7-5-11(6-8-12)20-17-13-3-1-2-4-14(13)18(24)27-17/h1-10,17,20H,(H,22,23). The van der Waals surface area contributed by atoms with E-state index < -0.39 is 22.2 Å². The van der Waals surface area contributed by atoms with Crippen LogP contribution in [0.5, 0.6) is 0 Å². The van der Waals surface area contributed by atoms with E-state index in [0.29, 0.717) is 11.3 Å². The van der Waals surface area contributed by atoms with Gasteiger partial charge < -0.3 is 10.1 Å². The number of rotatable bonds is 5. The Morgan fingerprint density at radius 1 is 0.964 bits per heavy atom. The second-order valence-electron chi connectivity index (χ2n) is 5.89. The van der Waals surface area contributed by atoms with Gasteiger partial charge in [-0.1, -0.05) is 29.8 Å². The normalized spacial score (nSPS) is 15.6. The summed E-state index contributed by atoms with van der Waals surface area (Å²) in [4.78, 5) is 11.9. The number of hydrogen-bond donors (Lipinski definition) is 2. The van der Waals surface area contributed by atoms with E-state index in [0.717, 1.165) is 5.56 Å². The van der Waals surface area contributed by atoms with Crippen molar-refractivity contribution in [3.63, 3.8) is 0 Å². The zero-order valence-electron chi connectivity index (χ0n) is 14.2. The van der Waals surface area contributed by atoms with E-state index in [1.54, 1.807) is 30.3 Å². The predicted octanol–water partition coefficient (Wildman–Crippen LogP) is 3.21. The minimum Gasteiger partial charge on any atom is -0.434 e. The molecule has 2 aromatic carbocycles. The van der Waals surface area contributed by atoms with E-state index in [1.807, 2.05) is 6.07 Å². The van der Waals surface area contributed by atoms with Gasteiger partial charge in [-0.15, -0.1) is 10.2 Å². The average Bonchev–Trinajstić information content (AvgIpc) is 3.00. The molecule has 0 spiro atoms. The van der Waals surface area contributed by atoms with Gasteiger partial charge in [0.05, 0.1) is 10.5 Å². The van der Waals surface area contributed by atoms with Gasteiger partial charge in [0.15, 0.2) is 11.0 Å². The third kappa shape index (κ3) is 3.62. The number of halogens is 1. The summed E-state index contributed by atoms with van der Waals surface area (Å²) in [7, 11) is -3.84. The summed E-state index contributed by atoms with van der Waals surface area (Å²) in [6.45, 7) is 0. The molecular formula is C18H13ClN4O4S. The van der Waals surface area contributed by atoms with Gasteiger partial charge in [0.25, 0.3) is 10.0 Å². The molecule has 1 atom stereocenters. The Hall–Kier alpha value is -3.17. The van der Waals surface area contributed by atoms with Gasteiger partial charge >= 0.3 is 5.97 Å². The van der Waals surface area contributed by atoms with Crippen LogP contribution < -0.4 is 10.0 Å². The van der Waals surface area contributed by atoms with Gasteiger partial charge in [-0.3, -0.25) is 4.72 Å². The lowest BCUT2D eigenvalue weighted by Crippen LogP contribution is -2.14. The van der Waals surface area contributed by atoms with Crippen LogP contribution in [0.1, 0.15) is 22.1 Å². The van der Waals surface area contributed by atoms with Crippen LogP contribution in [0, 0.1) is 0 Å². The monoisotopic (exact) mass is 416 g/mol. The average molecular weight is 417 g/mol. The van der Waals surface area contributed by atoms with Crippen LogP contribution in [-0.2, 0) is 14.8 Å². The van der Waals surface area contributed by atoms with Crippen molar-refractivity contribution in [3.8, 4) is 0 Å². The molecule has 1 unspecified atom stereocenters. The number of aromatic nitrogens is 2. The molecule has 0 bridgehead atoms. The third-order valence-electron chi connectivity index (χ3n) is 4.02. The quantitative estimate of drug-likeness (QED) is 0.614. The molecule has 2 N–H and O–H groups in total. The molecule has 8 nitrogen and oxygen atoms in total. The highest BCUT2D eigenvalue weighted by Crippen LogP contribution is 2.31. The maximum Gasteiger partial charge on any atom is 0.340 e. The Labute approximate surface area is 165 Å². The fourth-order valence-corrected chi connectivity index (χ4v) is 3.80. The Bertz CT molecular complexity index is 1140. The van der Waals surface area contributed by atoms with Crippen molar-refractivity contribution in [2.75, 3.05) is 10.0 Å². The van der Waals surface area contributed by atoms with Gasteiger partial charge in [-0.2, -0.15) is 0 Å². The summed E-state index contributed by atoms with van der Waals surface area (Å²) in [5.41, 5.74) is 1.83. The van der Waals surface area contributed by atoms with Crippen molar-refractivity contribution in [2.24, 2.45) is 0 Å². The van der Waals surface area contributed by atoms with E-state index in [4.69, 9.17) is 16.3 Å². The molecule has 0 aliphatic carbocycles. The van der Waals surface area contributed by atoms with Gasteiger partial charge in [0, 0.05) is 11.3 Å². The highest BCUT2D eigenvalue weighted by molar-refractivity contribution is 7.92. The topological polar surface area (TPSA) is 110 Å². The molecule has 1 aliphatic rings. The summed E-state index contributed by atoms with van der Waals surface area (Å²) in [5, 5.41) is 10.5. The zero-order chi connectivity index (χ0) is 19.7. The van der Waals surface area contributed by atoms with Crippen LogP contribution in [0.3, 0.4) is 0 Å². The molecule has 4 rings (SSSR count). The first-order valence-corrected chi connectivity index (χ1v) is 9.97. The SMILES string of the molecule is O=C1OC(Nc2ccc(S(=O)(=O)Nc3ccc(Cl)nn3)cc2)c2ccccc21. The molecule has 28 heavy (non-hydrogen) atoms. The predicted molar refractivity (Wildman–Crippen MR) is 103 cm³/mol. The summed E-state index contributed by atoms with van der Waals surface area (Å²) in [5.74, 6) is -0.346. The summed E-state index contributed by atoms with van der Waals surface area (Å²) >= 11 is 5.64. The first kappa shape index (κ1) is 18.2. The second kappa shape index (κ2) is 7.10. The van der Waals surface area contributed by atoms with Gasteiger partial charge in [0.1, 0.15) is 0 Å². The number of fused-ring (bicyclic) bond motifs is 1. The maximum atomic E-state index is 12.4. The van der Waals surface area contributed by atoms with Crippen LogP contribution in [0.4, 0.5) is 11.5 Å². The second-order valence-corrected chi connectivity index (χ2v) is 7.96. The van der Waals surface area contributed by atoms with Crippen molar-refractivity contribution in [3.05, 3.63) is 76.9 Å². The molecule has 0 fully saturated rings. The molecule has 142 valence electrons. The van der Waals surface area contributed by atoms with Gasteiger partial charge in [0.2, 0.25) is 6.23 Å². The lowest BCUT2D eigenvalue weighted by molar-refractivity contribution is 0.0437. The number of hydrogen-bond acceptors (Lipinski definition) is 7. The number of ether oxygens (including phenoxy) is 1. The summed E-state index contributed by atoms with van der Waals surface area (Å²) in [6, 6.07) is 15.9. The first-order valence-electron chi connectivity index (χ1n) is 8.11. The molecule has 10 heteroatoms. The van der Waals surface area contributed by atoms with Gasteiger partial charge in [-0.25, -0.2) is 13.2 Å². The minimum atomic E-state index is -3.84. The van der Waals surface area contributed by atoms with E-state index in [-0.39, 0.29) is 15.9 Å². The van der Waals surface area contributed by atoms with Crippen LogP contribution in [0.15, 0.2) is 65.6 Å². The van der Waals surface area contributed by atoms with Crippen LogP contribution in [-0.4, -0.2) is 24.6 Å². The summed E-state index contributed by atoms with van der Waals surface area (Å²) < 4.78 is 32.5. The van der Waals surface area contributed by atoms with Crippen LogP contribution >= 0.6 is 11.6 Å². The number of carbonyl (C=O) groups excluding carboxylic acids is 1. The third-order valence-corrected chi connectivity index (χ3v) is 5.59.